The molecule has 0 aliphatic heterocycles. The van der Waals surface area contributed by atoms with E-state index in [2.05, 4.69) is 30.4 Å². The lowest BCUT2D eigenvalue weighted by atomic mass is 10.3. The van der Waals surface area contributed by atoms with Crippen molar-refractivity contribution in [1.29, 1.82) is 0 Å². The third kappa shape index (κ3) is 3.56. The zero-order valence-electron chi connectivity index (χ0n) is 17.2. The van der Waals surface area contributed by atoms with Crippen molar-refractivity contribution in [2.45, 2.75) is 13.8 Å². The third-order valence-corrected chi connectivity index (χ3v) is 5.88. The predicted octanol–water partition coefficient (Wildman–Crippen LogP) is 3.50. The Kier molecular flexibility index (Phi) is 4.83. The first-order valence-electron chi connectivity index (χ1n) is 9.74. The fourth-order valence-electron chi connectivity index (χ4n) is 3.15. The van der Waals surface area contributed by atoms with E-state index in [1.165, 1.54) is 22.2 Å². The second kappa shape index (κ2) is 7.82. The van der Waals surface area contributed by atoms with Crippen molar-refractivity contribution in [2.75, 3.05) is 5.32 Å². The molecule has 1 amide bonds. The molecule has 4 heterocycles. The number of carbonyl (C=O) groups excluding carboxylic acids is 1. The lowest BCUT2D eigenvalue weighted by Gasteiger charge is -2.09. The Morgan fingerprint density at radius 3 is 2.66 bits per heavy atom. The number of nitrogens with one attached hydrogen (secondary N) is 2. The van der Waals surface area contributed by atoms with Gasteiger partial charge in [0, 0.05) is 17.3 Å². The van der Waals surface area contributed by atoms with Crippen LogP contribution in [0.25, 0.3) is 27.6 Å². The first kappa shape index (κ1) is 19.8. The predicted molar refractivity (Wildman–Crippen MR) is 122 cm³/mol. The quantitative estimate of drug-likeness (QED) is 0.439. The number of carbonyl (C=O) groups is 1. The van der Waals surface area contributed by atoms with Gasteiger partial charge in [-0.25, -0.2) is 9.97 Å². The molecule has 2 N–H and O–H groups in total. The molecule has 5 aromatic rings. The fraction of sp³-hybridized carbons (Fsp3) is 0.0909. The lowest BCUT2D eigenvalue weighted by Crippen LogP contribution is -2.21. The molecule has 0 atom stereocenters. The topological polar surface area (TPSA) is 118 Å². The van der Waals surface area contributed by atoms with Crippen molar-refractivity contribution in [1.82, 2.24) is 29.7 Å². The Balaban J connectivity index is 1.57. The van der Waals surface area contributed by atoms with E-state index in [1.807, 2.05) is 35.7 Å². The van der Waals surface area contributed by atoms with Gasteiger partial charge in [-0.2, -0.15) is 9.78 Å². The molecule has 9 nitrogen and oxygen atoms in total. The number of hydrogen-bond acceptors (Lipinski definition) is 7. The van der Waals surface area contributed by atoms with Gasteiger partial charge in [-0.3, -0.25) is 19.6 Å². The number of aromatic nitrogens is 6. The van der Waals surface area contributed by atoms with Crippen molar-refractivity contribution in [3.63, 3.8) is 0 Å². The summed E-state index contributed by atoms with van der Waals surface area (Å²) in [5.41, 5.74) is 2.96. The second-order valence-electron chi connectivity index (χ2n) is 7.10. The largest absolute Gasteiger partial charge is 0.305 e. The number of aryl methyl sites for hydroxylation is 1. The number of aromatic amines is 1. The Morgan fingerprint density at radius 2 is 1.91 bits per heavy atom. The molecule has 0 spiro atoms. The summed E-state index contributed by atoms with van der Waals surface area (Å²) in [5, 5.41) is 9.34. The van der Waals surface area contributed by atoms with Crippen LogP contribution in [0.15, 0.2) is 58.8 Å². The summed E-state index contributed by atoms with van der Waals surface area (Å²) in [7, 11) is 0. The molecule has 0 radical (unpaired) electrons. The van der Waals surface area contributed by atoms with Crippen LogP contribution in [0.4, 0.5) is 5.82 Å². The standard InChI is InChI=1S/C22H17N7O2S/c1-12-13(2)24-22(27-20(12)30)29-19(10-16(28-29)18-8-5-9-32-18)26-21(31)17-11-23-14-6-3-4-7-15(14)25-17/h3-11H,1-2H3,(H,26,31)(H,24,27,30). The van der Waals surface area contributed by atoms with Crippen LogP contribution in [0.1, 0.15) is 21.7 Å². The maximum absolute atomic E-state index is 13.0. The van der Waals surface area contributed by atoms with Crippen LogP contribution in [0.5, 0.6) is 0 Å². The number of anilines is 1. The minimum Gasteiger partial charge on any atom is -0.305 e. The fourth-order valence-corrected chi connectivity index (χ4v) is 3.84. The molecule has 0 unspecified atom stereocenters. The highest BCUT2D eigenvalue weighted by Gasteiger charge is 2.18. The number of fused-ring (bicyclic) bond motifs is 1. The normalized spacial score (nSPS) is 11.1. The van der Waals surface area contributed by atoms with Crippen LogP contribution in [0.2, 0.25) is 0 Å². The van der Waals surface area contributed by atoms with Gasteiger partial charge in [0.15, 0.2) is 0 Å². The monoisotopic (exact) mass is 443 g/mol. The van der Waals surface area contributed by atoms with Gasteiger partial charge in [0.25, 0.3) is 11.5 Å². The van der Waals surface area contributed by atoms with Crippen molar-refractivity contribution >= 4 is 34.1 Å². The number of para-hydroxylation sites is 2. The SMILES string of the molecule is Cc1nc(-n2nc(-c3cccs3)cc2NC(=O)c2cnc3ccccc3n2)[nH]c(=O)c1C. The summed E-state index contributed by atoms with van der Waals surface area (Å²) in [6.45, 7) is 3.45. The second-order valence-corrected chi connectivity index (χ2v) is 8.05. The maximum Gasteiger partial charge on any atom is 0.277 e. The van der Waals surface area contributed by atoms with Crippen LogP contribution in [-0.4, -0.2) is 35.6 Å². The lowest BCUT2D eigenvalue weighted by molar-refractivity contribution is 0.102. The highest BCUT2D eigenvalue weighted by Crippen LogP contribution is 2.27. The molecular formula is C22H17N7O2S. The first-order chi connectivity index (χ1) is 15.5. The van der Waals surface area contributed by atoms with E-state index < -0.39 is 5.91 Å². The van der Waals surface area contributed by atoms with Gasteiger partial charge < -0.3 is 5.32 Å². The number of nitrogens with zero attached hydrogens (tertiary/aromatic N) is 5. The highest BCUT2D eigenvalue weighted by atomic mass is 32.1. The van der Waals surface area contributed by atoms with Crippen molar-refractivity contribution in [2.24, 2.45) is 0 Å². The number of amides is 1. The maximum atomic E-state index is 13.0. The average molecular weight is 443 g/mol. The molecule has 0 aliphatic rings. The summed E-state index contributed by atoms with van der Waals surface area (Å²) in [4.78, 5) is 42.1. The van der Waals surface area contributed by atoms with E-state index in [0.717, 1.165) is 4.88 Å². The molecule has 0 saturated heterocycles. The Labute approximate surface area is 185 Å². The van der Waals surface area contributed by atoms with Gasteiger partial charge in [-0.05, 0) is 37.4 Å². The van der Waals surface area contributed by atoms with Gasteiger partial charge in [-0.15, -0.1) is 11.3 Å². The molecule has 0 saturated carbocycles. The van der Waals surface area contributed by atoms with Crippen LogP contribution in [0, 0.1) is 13.8 Å². The van der Waals surface area contributed by atoms with Crippen LogP contribution < -0.4 is 10.9 Å². The molecular weight excluding hydrogens is 426 g/mol. The van der Waals surface area contributed by atoms with Crippen molar-refractivity contribution in [3.05, 3.63) is 81.3 Å². The number of hydrogen-bond donors (Lipinski definition) is 2. The number of rotatable bonds is 4. The first-order valence-corrected chi connectivity index (χ1v) is 10.6. The molecule has 0 aliphatic carbocycles. The van der Waals surface area contributed by atoms with Crippen LogP contribution in [0.3, 0.4) is 0 Å². The van der Waals surface area contributed by atoms with E-state index in [4.69, 9.17) is 0 Å². The zero-order chi connectivity index (χ0) is 22.2. The molecule has 4 aromatic heterocycles. The van der Waals surface area contributed by atoms with E-state index in [1.54, 1.807) is 26.0 Å². The van der Waals surface area contributed by atoms with E-state index in [0.29, 0.717) is 33.8 Å². The zero-order valence-corrected chi connectivity index (χ0v) is 18.0. The Morgan fingerprint density at radius 1 is 1.09 bits per heavy atom. The van der Waals surface area contributed by atoms with Gasteiger partial charge in [-0.1, -0.05) is 18.2 Å². The summed E-state index contributed by atoms with van der Waals surface area (Å²) >= 11 is 1.52. The highest BCUT2D eigenvalue weighted by molar-refractivity contribution is 7.13. The summed E-state index contributed by atoms with van der Waals surface area (Å²) in [6.07, 6.45) is 1.43. The summed E-state index contributed by atoms with van der Waals surface area (Å²) < 4.78 is 1.41. The number of benzene rings is 1. The van der Waals surface area contributed by atoms with Gasteiger partial charge in [0.1, 0.15) is 17.2 Å². The molecule has 10 heteroatoms. The van der Waals surface area contributed by atoms with Crippen molar-refractivity contribution in [3.8, 4) is 16.5 Å². The van der Waals surface area contributed by atoms with E-state index in [9.17, 15) is 9.59 Å². The van der Waals surface area contributed by atoms with E-state index in [-0.39, 0.29) is 17.2 Å². The Bertz CT molecular complexity index is 1520. The Hall–Kier alpha value is -4.18. The van der Waals surface area contributed by atoms with Crippen LogP contribution >= 0.6 is 11.3 Å². The number of thiophene rings is 1. The summed E-state index contributed by atoms with van der Waals surface area (Å²) in [5.74, 6) is 0.105. The minimum absolute atomic E-state index is 0.163. The average Bonchev–Trinajstić information content (AvgIpc) is 3.47. The minimum atomic E-state index is -0.451. The molecule has 5 rings (SSSR count). The molecule has 0 fully saturated rings. The van der Waals surface area contributed by atoms with Gasteiger partial charge in [0.05, 0.1) is 22.1 Å². The molecule has 0 bridgehead atoms. The van der Waals surface area contributed by atoms with Crippen LogP contribution in [-0.2, 0) is 0 Å². The summed E-state index contributed by atoms with van der Waals surface area (Å²) in [6, 6.07) is 12.9. The third-order valence-electron chi connectivity index (χ3n) is 4.99. The molecule has 32 heavy (non-hydrogen) atoms. The smallest absolute Gasteiger partial charge is 0.277 e. The van der Waals surface area contributed by atoms with Gasteiger partial charge >= 0.3 is 0 Å². The molecule has 1 aromatic carbocycles. The van der Waals surface area contributed by atoms with Gasteiger partial charge in [0.2, 0.25) is 5.95 Å². The number of H-pyrrole nitrogens is 1. The van der Waals surface area contributed by atoms with Crippen molar-refractivity contribution < 1.29 is 4.79 Å². The van der Waals surface area contributed by atoms with E-state index >= 15 is 0 Å². The molecule has 158 valence electrons.